The molecule has 1 aliphatic heterocycles. The molecule has 154 valence electrons. The van der Waals surface area contributed by atoms with Gasteiger partial charge >= 0.3 is 0 Å². The van der Waals surface area contributed by atoms with Crippen LogP contribution in [0.3, 0.4) is 0 Å². The number of aliphatic hydroxyl groups excluding tert-OH is 1. The molecule has 2 aromatic rings. The van der Waals surface area contributed by atoms with Gasteiger partial charge in [0.05, 0.1) is 44.5 Å². The van der Waals surface area contributed by atoms with Crippen molar-refractivity contribution in [3.05, 3.63) is 71.2 Å². The van der Waals surface area contributed by atoms with Crippen molar-refractivity contribution in [1.82, 2.24) is 9.78 Å². The fourth-order valence-electron chi connectivity index (χ4n) is 3.58. The number of hydrogen-bond acceptors (Lipinski definition) is 6. The molecule has 0 saturated heterocycles. The molecule has 0 fully saturated rings. The van der Waals surface area contributed by atoms with Gasteiger partial charge in [-0.1, -0.05) is 12.2 Å². The van der Waals surface area contributed by atoms with Crippen molar-refractivity contribution in [2.24, 2.45) is 17.0 Å². The van der Waals surface area contributed by atoms with E-state index < -0.39 is 0 Å². The molecule has 0 saturated carbocycles. The van der Waals surface area contributed by atoms with Crippen LogP contribution in [0.1, 0.15) is 17.5 Å². The lowest BCUT2D eigenvalue weighted by Gasteiger charge is -2.23. The maximum atomic E-state index is 9.66. The fraction of sp³-hybridized carbons (Fsp3) is 0.261. The number of aliphatic imine (C=N–C) groups is 2. The zero-order valence-corrected chi connectivity index (χ0v) is 17.2. The minimum Gasteiger partial charge on any atom is -0.497 e. The lowest BCUT2D eigenvalue weighted by Crippen LogP contribution is -2.19. The SMILES string of the molecule is COc1cc(OC)cc(/C(=C\CO)C2=CCC3N=CC(c4cnn(C)c4)=NC3=C2)c1. The highest BCUT2D eigenvalue weighted by Gasteiger charge is 2.23. The van der Waals surface area contributed by atoms with Crippen molar-refractivity contribution in [2.45, 2.75) is 12.5 Å². The summed E-state index contributed by atoms with van der Waals surface area (Å²) >= 11 is 0. The van der Waals surface area contributed by atoms with Crippen LogP contribution in [0.4, 0.5) is 0 Å². The van der Waals surface area contributed by atoms with Crippen molar-refractivity contribution in [3.8, 4) is 11.5 Å². The highest BCUT2D eigenvalue weighted by molar-refractivity contribution is 6.38. The normalized spacial score (nSPS) is 18.3. The fourth-order valence-corrected chi connectivity index (χ4v) is 3.58. The second kappa shape index (κ2) is 8.51. The van der Waals surface area contributed by atoms with E-state index in [9.17, 15) is 5.11 Å². The Morgan fingerprint density at radius 1 is 1.23 bits per heavy atom. The van der Waals surface area contributed by atoms with Crippen molar-refractivity contribution < 1.29 is 14.6 Å². The average Bonchev–Trinajstić information content (AvgIpc) is 3.22. The number of aliphatic hydroxyl groups is 1. The summed E-state index contributed by atoms with van der Waals surface area (Å²) in [6.07, 6.45) is 12.2. The van der Waals surface area contributed by atoms with E-state index >= 15 is 0 Å². The Hall–Kier alpha value is -3.45. The first-order chi connectivity index (χ1) is 14.6. The van der Waals surface area contributed by atoms with Gasteiger partial charge in [0.15, 0.2) is 0 Å². The van der Waals surface area contributed by atoms with Crippen LogP contribution in [0.5, 0.6) is 11.5 Å². The van der Waals surface area contributed by atoms with Gasteiger partial charge in [-0.3, -0.25) is 9.67 Å². The largest absolute Gasteiger partial charge is 0.497 e. The molecule has 1 aromatic heterocycles. The van der Waals surface area contributed by atoms with Crippen molar-refractivity contribution in [1.29, 1.82) is 0 Å². The van der Waals surface area contributed by atoms with Crippen LogP contribution in [-0.4, -0.2) is 53.7 Å². The number of aryl methyl sites for hydroxylation is 1. The van der Waals surface area contributed by atoms with E-state index in [-0.39, 0.29) is 12.6 Å². The summed E-state index contributed by atoms with van der Waals surface area (Å²) in [6.45, 7) is -0.0822. The molecule has 7 nitrogen and oxygen atoms in total. The van der Waals surface area contributed by atoms with Crippen molar-refractivity contribution in [3.63, 3.8) is 0 Å². The molecule has 2 aliphatic rings. The molecule has 2 heterocycles. The van der Waals surface area contributed by atoms with Crippen molar-refractivity contribution in [2.75, 3.05) is 20.8 Å². The summed E-state index contributed by atoms with van der Waals surface area (Å²) in [4.78, 5) is 9.51. The third kappa shape index (κ3) is 3.97. The van der Waals surface area contributed by atoms with Gasteiger partial charge in [0, 0.05) is 31.1 Å². The zero-order valence-electron chi connectivity index (χ0n) is 17.2. The molecule has 1 atom stereocenters. The molecular weight excluding hydrogens is 380 g/mol. The standard InChI is InChI=1S/C23H24N4O3/c1-27-14-17(12-25-27)23-13-24-21-5-4-15(10-22(21)26-23)20(6-7-28)16-8-18(29-2)11-19(9-16)30-3/h4,6,8-14,21,28H,5,7H2,1-3H3/b20-6-. The highest BCUT2D eigenvalue weighted by Crippen LogP contribution is 2.35. The van der Waals surface area contributed by atoms with Crippen LogP contribution in [0.15, 0.2) is 70.1 Å². The third-order valence-corrected chi connectivity index (χ3v) is 5.10. The maximum absolute atomic E-state index is 9.66. The summed E-state index contributed by atoms with van der Waals surface area (Å²) in [5, 5.41) is 13.9. The van der Waals surface area contributed by atoms with Crippen LogP contribution in [0, 0.1) is 0 Å². The van der Waals surface area contributed by atoms with Crippen LogP contribution in [0.2, 0.25) is 0 Å². The minimum atomic E-state index is -0.0822. The summed E-state index contributed by atoms with van der Waals surface area (Å²) in [7, 11) is 5.12. The Morgan fingerprint density at radius 2 is 2.00 bits per heavy atom. The summed E-state index contributed by atoms with van der Waals surface area (Å²) < 4.78 is 12.6. The number of allylic oxidation sites excluding steroid dienone is 3. The average molecular weight is 404 g/mol. The van der Waals surface area contributed by atoms with Gasteiger partial charge in [0.2, 0.25) is 0 Å². The van der Waals surface area contributed by atoms with Crippen molar-refractivity contribution >= 4 is 17.5 Å². The molecule has 0 amide bonds. The Balaban J connectivity index is 1.72. The number of ether oxygens (including phenoxy) is 2. The van der Waals surface area contributed by atoms with Crippen LogP contribution >= 0.6 is 0 Å². The number of aromatic nitrogens is 2. The van der Waals surface area contributed by atoms with E-state index in [1.54, 1.807) is 31.2 Å². The molecular formula is C23H24N4O3. The summed E-state index contributed by atoms with van der Waals surface area (Å²) in [5.41, 5.74) is 5.40. The van der Waals surface area contributed by atoms with Gasteiger partial charge < -0.3 is 14.6 Å². The molecule has 7 heteroatoms. The van der Waals surface area contributed by atoms with E-state index in [4.69, 9.17) is 14.5 Å². The molecule has 0 radical (unpaired) electrons. The smallest absolute Gasteiger partial charge is 0.123 e. The Kier molecular flexibility index (Phi) is 5.63. The predicted octanol–water partition coefficient (Wildman–Crippen LogP) is 2.97. The van der Waals surface area contributed by atoms with E-state index in [1.165, 1.54) is 0 Å². The number of fused-ring (bicyclic) bond motifs is 1. The molecule has 0 spiro atoms. The van der Waals surface area contributed by atoms with Gasteiger partial charge in [-0.25, -0.2) is 4.99 Å². The Labute approximate surface area is 175 Å². The number of benzene rings is 1. The number of rotatable bonds is 6. The van der Waals surface area contributed by atoms with Crippen LogP contribution < -0.4 is 9.47 Å². The van der Waals surface area contributed by atoms with Gasteiger partial charge in [0.25, 0.3) is 0 Å². The quantitative estimate of drug-likeness (QED) is 0.803. The molecule has 0 bridgehead atoms. The molecule has 1 aliphatic carbocycles. The topological polar surface area (TPSA) is 81.2 Å². The first-order valence-corrected chi connectivity index (χ1v) is 9.68. The van der Waals surface area contributed by atoms with E-state index in [2.05, 4.69) is 16.2 Å². The van der Waals surface area contributed by atoms with Gasteiger partial charge in [0.1, 0.15) is 11.5 Å². The second-order valence-electron chi connectivity index (χ2n) is 7.06. The second-order valence-corrected chi connectivity index (χ2v) is 7.06. The Morgan fingerprint density at radius 3 is 2.63 bits per heavy atom. The van der Waals surface area contributed by atoms with Gasteiger partial charge in [-0.05, 0) is 41.3 Å². The molecule has 1 N–H and O–H groups in total. The highest BCUT2D eigenvalue weighted by atomic mass is 16.5. The predicted molar refractivity (Wildman–Crippen MR) is 117 cm³/mol. The minimum absolute atomic E-state index is 0.00407. The molecule has 30 heavy (non-hydrogen) atoms. The lowest BCUT2D eigenvalue weighted by atomic mass is 9.90. The molecule has 1 aromatic carbocycles. The third-order valence-electron chi connectivity index (χ3n) is 5.10. The molecule has 4 rings (SSSR count). The monoisotopic (exact) mass is 404 g/mol. The number of nitrogens with zero attached hydrogens (tertiary/aromatic N) is 4. The zero-order chi connectivity index (χ0) is 21.1. The maximum Gasteiger partial charge on any atom is 0.123 e. The van der Waals surface area contributed by atoms with Gasteiger partial charge in [-0.15, -0.1) is 0 Å². The van der Waals surface area contributed by atoms with E-state index in [0.29, 0.717) is 11.5 Å². The molecule has 1 unspecified atom stereocenters. The first-order valence-electron chi connectivity index (χ1n) is 9.68. The van der Waals surface area contributed by atoms with Crippen LogP contribution in [0.25, 0.3) is 5.57 Å². The van der Waals surface area contributed by atoms with Crippen LogP contribution in [-0.2, 0) is 7.05 Å². The van der Waals surface area contributed by atoms with Gasteiger partial charge in [-0.2, -0.15) is 5.10 Å². The number of hydrogen-bond donors (Lipinski definition) is 1. The number of methoxy groups -OCH3 is 2. The first kappa shape index (κ1) is 19.8. The van der Waals surface area contributed by atoms with E-state index in [1.807, 2.05) is 43.7 Å². The van der Waals surface area contributed by atoms with E-state index in [0.717, 1.165) is 40.1 Å². The lowest BCUT2D eigenvalue weighted by molar-refractivity contribution is 0.343. The Bertz CT molecular complexity index is 1080. The summed E-state index contributed by atoms with van der Waals surface area (Å²) in [6, 6.07) is 5.69. The summed E-state index contributed by atoms with van der Waals surface area (Å²) in [5.74, 6) is 1.38.